The molecule has 0 fully saturated rings. The van der Waals surface area contributed by atoms with Crippen molar-refractivity contribution in [3.8, 4) is 0 Å². The molecule has 0 aliphatic carbocycles. The molecule has 0 rings (SSSR count). The van der Waals surface area contributed by atoms with E-state index in [1.54, 1.807) is 7.11 Å². The normalized spacial score (nSPS) is 12.8. The number of rotatable bonds is 9. The van der Waals surface area contributed by atoms with E-state index >= 15 is 0 Å². The summed E-state index contributed by atoms with van der Waals surface area (Å²) in [6, 6.07) is 0. The zero-order valence-corrected chi connectivity index (χ0v) is 9.54. The third kappa shape index (κ3) is 7.04. The molecule has 0 aliphatic rings. The second-order valence-corrected chi connectivity index (χ2v) is 3.51. The molecule has 1 unspecified atom stereocenters. The molecule has 0 aliphatic heterocycles. The highest BCUT2D eigenvalue weighted by Gasteiger charge is 2.10. The summed E-state index contributed by atoms with van der Waals surface area (Å²) in [6.07, 6.45) is 2.58. The van der Waals surface area contributed by atoms with Crippen LogP contribution in [0.4, 0.5) is 0 Å². The number of hydrogen-bond donors (Lipinski definition) is 0. The number of methoxy groups -OCH3 is 1. The zero-order valence-electron chi connectivity index (χ0n) is 9.54. The third-order valence-electron chi connectivity index (χ3n) is 2.20. The molecule has 0 bridgehead atoms. The average molecular weight is 202 g/mol. The fourth-order valence-electron chi connectivity index (χ4n) is 1.26. The average Bonchev–Trinajstić information content (AvgIpc) is 2.17. The van der Waals surface area contributed by atoms with Crippen LogP contribution in [0, 0.1) is 5.92 Å². The minimum Gasteiger partial charge on any atom is -0.382 e. The van der Waals surface area contributed by atoms with Gasteiger partial charge in [-0.25, -0.2) is 0 Å². The first-order chi connectivity index (χ1) is 6.72. The zero-order chi connectivity index (χ0) is 10.8. The molecule has 0 saturated heterocycles. The highest BCUT2D eigenvalue weighted by molar-refractivity contribution is 5.80. The predicted molar refractivity (Wildman–Crippen MR) is 56.4 cm³/mol. The molecule has 84 valence electrons. The predicted octanol–water partition coefficient (Wildman–Crippen LogP) is 2.04. The second kappa shape index (κ2) is 9.16. The van der Waals surface area contributed by atoms with Crippen LogP contribution in [0.25, 0.3) is 0 Å². The summed E-state index contributed by atoms with van der Waals surface area (Å²) in [5.74, 6) is 0.496. The van der Waals surface area contributed by atoms with Crippen molar-refractivity contribution in [2.75, 3.05) is 26.9 Å². The van der Waals surface area contributed by atoms with Gasteiger partial charge in [-0.2, -0.15) is 0 Å². The van der Waals surface area contributed by atoms with E-state index in [0.29, 0.717) is 32.0 Å². The Morgan fingerprint density at radius 3 is 2.57 bits per heavy atom. The molecule has 3 nitrogen and oxygen atoms in total. The van der Waals surface area contributed by atoms with Gasteiger partial charge in [0.25, 0.3) is 0 Å². The number of carbonyl (C=O) groups is 1. The van der Waals surface area contributed by atoms with Crippen molar-refractivity contribution in [2.45, 2.75) is 33.1 Å². The van der Waals surface area contributed by atoms with E-state index < -0.39 is 0 Å². The van der Waals surface area contributed by atoms with Gasteiger partial charge in [0.15, 0.2) is 0 Å². The van der Waals surface area contributed by atoms with E-state index in [9.17, 15) is 4.79 Å². The van der Waals surface area contributed by atoms with Gasteiger partial charge < -0.3 is 9.47 Å². The molecule has 0 aromatic rings. The lowest BCUT2D eigenvalue weighted by atomic mass is 9.99. The van der Waals surface area contributed by atoms with Crippen molar-refractivity contribution in [2.24, 2.45) is 5.92 Å². The van der Waals surface area contributed by atoms with Crippen LogP contribution in [-0.4, -0.2) is 32.7 Å². The summed E-state index contributed by atoms with van der Waals surface area (Å²) >= 11 is 0. The number of ketones is 1. The van der Waals surface area contributed by atoms with Crippen molar-refractivity contribution < 1.29 is 14.3 Å². The fourth-order valence-corrected chi connectivity index (χ4v) is 1.26. The van der Waals surface area contributed by atoms with Crippen LogP contribution in [0.1, 0.15) is 33.1 Å². The molecule has 0 radical (unpaired) electrons. The first-order valence-corrected chi connectivity index (χ1v) is 5.31. The number of Topliss-reactive ketones (excluding diaryl/α,β-unsaturated/α-hetero) is 1. The Morgan fingerprint density at radius 1 is 1.29 bits per heavy atom. The highest BCUT2D eigenvalue weighted by Crippen LogP contribution is 2.08. The molecule has 0 N–H and O–H groups in total. The monoisotopic (exact) mass is 202 g/mol. The van der Waals surface area contributed by atoms with Gasteiger partial charge in [-0.3, -0.25) is 4.79 Å². The topological polar surface area (TPSA) is 35.5 Å². The minimum atomic E-state index is 0.186. The Bertz CT molecular complexity index is 145. The van der Waals surface area contributed by atoms with Gasteiger partial charge in [0.1, 0.15) is 5.78 Å². The fraction of sp³-hybridized carbons (Fsp3) is 0.909. The third-order valence-corrected chi connectivity index (χ3v) is 2.20. The van der Waals surface area contributed by atoms with Gasteiger partial charge in [0.2, 0.25) is 0 Å². The molecule has 0 saturated carbocycles. The van der Waals surface area contributed by atoms with Gasteiger partial charge in [-0.05, 0) is 6.42 Å². The maximum Gasteiger partial charge on any atom is 0.137 e. The number of ether oxygens (including phenoxy) is 2. The Hall–Kier alpha value is -0.410. The molecule has 0 aromatic carbocycles. The Kier molecular flexibility index (Phi) is 8.89. The van der Waals surface area contributed by atoms with E-state index in [4.69, 9.17) is 9.47 Å². The van der Waals surface area contributed by atoms with Crippen LogP contribution >= 0.6 is 0 Å². The van der Waals surface area contributed by atoms with Gasteiger partial charge in [-0.15, -0.1) is 0 Å². The smallest absolute Gasteiger partial charge is 0.137 e. The number of carbonyl (C=O) groups excluding carboxylic acids is 1. The molecule has 0 aromatic heterocycles. The summed E-state index contributed by atoms with van der Waals surface area (Å²) in [6.45, 7) is 5.78. The van der Waals surface area contributed by atoms with Gasteiger partial charge in [-0.1, -0.05) is 20.3 Å². The molecular weight excluding hydrogens is 180 g/mol. The Balaban J connectivity index is 3.34. The largest absolute Gasteiger partial charge is 0.382 e. The standard InChI is InChI=1S/C11H22O3/c1-4-5-10(2)11(12)6-7-14-9-8-13-3/h10H,4-9H2,1-3H3. The molecule has 0 amide bonds. The number of hydrogen-bond acceptors (Lipinski definition) is 3. The summed E-state index contributed by atoms with van der Waals surface area (Å²) in [4.78, 5) is 11.5. The van der Waals surface area contributed by atoms with Crippen molar-refractivity contribution >= 4 is 5.78 Å². The van der Waals surface area contributed by atoms with E-state index in [2.05, 4.69) is 6.92 Å². The SMILES string of the molecule is CCCC(C)C(=O)CCOCCOC. The first-order valence-electron chi connectivity index (χ1n) is 5.31. The molecule has 1 atom stereocenters. The van der Waals surface area contributed by atoms with Crippen LogP contribution < -0.4 is 0 Å². The van der Waals surface area contributed by atoms with Crippen molar-refractivity contribution in [1.29, 1.82) is 0 Å². The quantitative estimate of drug-likeness (QED) is 0.537. The van der Waals surface area contributed by atoms with Crippen LogP contribution in [0.15, 0.2) is 0 Å². The summed E-state index contributed by atoms with van der Waals surface area (Å²) in [7, 11) is 1.64. The van der Waals surface area contributed by atoms with E-state index in [0.717, 1.165) is 12.8 Å². The summed E-state index contributed by atoms with van der Waals surface area (Å²) in [5, 5.41) is 0. The maximum absolute atomic E-state index is 11.5. The molecule has 3 heteroatoms. The highest BCUT2D eigenvalue weighted by atomic mass is 16.5. The Morgan fingerprint density at radius 2 is 2.00 bits per heavy atom. The maximum atomic E-state index is 11.5. The second-order valence-electron chi connectivity index (χ2n) is 3.51. The van der Waals surface area contributed by atoms with E-state index in [1.807, 2.05) is 6.92 Å². The molecule has 0 heterocycles. The summed E-state index contributed by atoms with van der Waals surface area (Å²) < 4.78 is 10.1. The lowest BCUT2D eigenvalue weighted by Crippen LogP contribution is -2.14. The van der Waals surface area contributed by atoms with Crippen molar-refractivity contribution in [1.82, 2.24) is 0 Å². The van der Waals surface area contributed by atoms with E-state index in [-0.39, 0.29) is 5.92 Å². The van der Waals surface area contributed by atoms with Crippen LogP contribution in [0.5, 0.6) is 0 Å². The minimum absolute atomic E-state index is 0.186. The first kappa shape index (κ1) is 13.6. The van der Waals surface area contributed by atoms with Gasteiger partial charge in [0, 0.05) is 19.4 Å². The van der Waals surface area contributed by atoms with Crippen LogP contribution in [0.3, 0.4) is 0 Å². The molecule has 0 spiro atoms. The lowest BCUT2D eigenvalue weighted by Gasteiger charge is -2.08. The van der Waals surface area contributed by atoms with Crippen LogP contribution in [-0.2, 0) is 14.3 Å². The molecular formula is C11H22O3. The van der Waals surface area contributed by atoms with Gasteiger partial charge in [0.05, 0.1) is 19.8 Å². The van der Waals surface area contributed by atoms with Crippen molar-refractivity contribution in [3.05, 3.63) is 0 Å². The Labute approximate surface area is 86.8 Å². The van der Waals surface area contributed by atoms with Crippen molar-refractivity contribution in [3.63, 3.8) is 0 Å². The van der Waals surface area contributed by atoms with Crippen LogP contribution in [0.2, 0.25) is 0 Å². The summed E-state index contributed by atoms with van der Waals surface area (Å²) in [5.41, 5.74) is 0. The van der Waals surface area contributed by atoms with Gasteiger partial charge >= 0.3 is 0 Å². The molecule has 14 heavy (non-hydrogen) atoms. The van der Waals surface area contributed by atoms with E-state index in [1.165, 1.54) is 0 Å². The lowest BCUT2D eigenvalue weighted by molar-refractivity contribution is -0.123.